The minimum absolute atomic E-state index is 0. The number of nitrogens with one attached hydrogen (secondary N) is 1. The minimum Gasteiger partial charge on any atom is -0.434 e. The van der Waals surface area contributed by atoms with Crippen molar-refractivity contribution in [3.05, 3.63) is 24.0 Å². The Labute approximate surface area is 426 Å². The Kier molecular flexibility index (Phi) is 17.5. The van der Waals surface area contributed by atoms with Crippen LogP contribution in [0.2, 0.25) is 0 Å². The van der Waals surface area contributed by atoms with Gasteiger partial charge in [-0.1, -0.05) is 77.0 Å². The molecule has 18 nitrogen and oxygen atoms in total. The minimum atomic E-state index is -1.88. The third-order valence-electron chi connectivity index (χ3n) is 18.5. The van der Waals surface area contributed by atoms with Crippen LogP contribution < -0.4 is 11.1 Å². The van der Waals surface area contributed by atoms with Crippen molar-refractivity contribution in [2.75, 3.05) is 19.8 Å². The molecule has 11 N–H and O–H groups in total. The monoisotopic (exact) mass is 1170 g/mol. The third kappa shape index (κ3) is 9.45. The molecule has 20 heteroatoms. The first-order valence-corrected chi connectivity index (χ1v) is 24.2. The van der Waals surface area contributed by atoms with E-state index in [1.165, 1.54) is 18.4 Å². The number of carbonyl (C=O) groups is 2. The van der Waals surface area contributed by atoms with Crippen LogP contribution in [0.5, 0.6) is 0 Å². The fourth-order valence-electron chi connectivity index (χ4n) is 14.2. The van der Waals surface area contributed by atoms with E-state index in [1.54, 1.807) is 0 Å². The van der Waals surface area contributed by atoms with Gasteiger partial charge >= 0.3 is 0 Å². The van der Waals surface area contributed by atoms with Crippen LogP contribution in [0.3, 0.4) is 0 Å². The number of aliphatic hydroxyl groups excluding tert-OH is 8. The summed E-state index contributed by atoms with van der Waals surface area (Å²) < 4.78 is 36.0. The Morgan fingerprint density at radius 1 is 0.882 bits per heavy atom. The number of fused-ring (bicyclic) bond motifs is 7. The molecule has 8 aliphatic rings. The van der Waals surface area contributed by atoms with Gasteiger partial charge in [0.25, 0.3) is 5.97 Å². The predicted octanol–water partition coefficient (Wildman–Crippen LogP) is 0.267. The first-order chi connectivity index (χ1) is 31.0. The molecule has 8 rings (SSSR count). The van der Waals surface area contributed by atoms with E-state index in [0.717, 1.165) is 38.5 Å². The fourth-order valence-corrected chi connectivity index (χ4v) is 14.2. The summed E-state index contributed by atoms with van der Waals surface area (Å²) in [6.07, 6.45) is -9.05. The van der Waals surface area contributed by atoms with Crippen LogP contribution in [0.15, 0.2) is 11.6 Å². The van der Waals surface area contributed by atoms with E-state index in [4.69, 9.17) is 34.2 Å². The van der Waals surface area contributed by atoms with Crippen molar-refractivity contribution in [1.82, 2.24) is 5.32 Å². The maximum Gasteiger partial charge on any atom is 0.284 e. The molecule has 3 heterocycles. The van der Waals surface area contributed by atoms with Gasteiger partial charge in [0, 0.05) is 39.6 Å². The quantitative estimate of drug-likeness (QED) is 0.0843. The second kappa shape index (κ2) is 21.0. The second-order valence-electron chi connectivity index (χ2n) is 22.5. The summed E-state index contributed by atoms with van der Waals surface area (Å²) in [5.41, 5.74) is 5.31. The van der Waals surface area contributed by atoms with Gasteiger partial charge in [-0.15, -0.1) is 0 Å². The molecule has 7 fully saturated rings. The average molecular weight is 1170 g/mol. The van der Waals surface area contributed by atoms with E-state index in [0.29, 0.717) is 31.1 Å². The molecule has 22 atom stereocenters. The van der Waals surface area contributed by atoms with Gasteiger partial charge in [0.05, 0.1) is 31.9 Å². The van der Waals surface area contributed by atoms with E-state index in [1.807, 2.05) is 0 Å². The zero-order chi connectivity index (χ0) is 48.1. The van der Waals surface area contributed by atoms with Crippen LogP contribution in [-0.2, 0) is 77.6 Å². The van der Waals surface area contributed by atoms with Crippen molar-refractivity contribution >= 4 is 11.9 Å². The molecule has 0 aromatic rings. The summed E-state index contributed by atoms with van der Waals surface area (Å²) in [5, 5.41) is 89.4. The van der Waals surface area contributed by atoms with E-state index in [9.17, 15) is 45.6 Å². The van der Waals surface area contributed by atoms with Gasteiger partial charge < -0.3 is 86.7 Å². The molecular weight excluding hydrogens is 1100 g/mol. The van der Waals surface area contributed by atoms with Crippen LogP contribution in [0, 0.1) is 57.2 Å². The number of hydrogen-bond donors (Lipinski definition) is 10. The van der Waals surface area contributed by atoms with E-state index >= 15 is 4.79 Å². The Bertz CT molecular complexity index is 1840. The van der Waals surface area contributed by atoms with Crippen LogP contribution in [0.4, 0.5) is 0 Å². The Morgan fingerprint density at radius 2 is 1.56 bits per heavy atom. The van der Waals surface area contributed by atoms with E-state index in [2.05, 4.69) is 59.4 Å². The van der Waals surface area contributed by atoms with Crippen LogP contribution in [-0.4, -0.2) is 165 Å². The first kappa shape index (κ1) is 56.7. The number of carbonyl (C=O) groups excluding carboxylic acids is 2. The standard InChI is InChI=1S/C48H76N2O16.V.W/c1-22-24-10-13-47(7)30(45(24,5)12-11-27(22)52)9-8-25-26-18-44(3,4)14-16-48(26,17-15-46(25,47)6)43(60)66-42-39(34(56)32(29(20-51)63-42)50-31(54)19-49)65-41-37(59)35(57)38(23(2)62-41)64-40-36(58)33(55)28(53)21-61-40;;/h8,17,23-24,26-30,32-42,51-53,55-59H,9-16,18-21,49H2,1-7H3,(H,50,54);;/q-2;;/t23?,24-,26?,27-,28+,29?,30?,32-,33?,34?,35?,36?,37?,38-,39?,40-,41-,42-,45?,46+,47-,48-;;/m0../s1. The maximum absolute atomic E-state index is 15.3. The Morgan fingerprint density at radius 3 is 2.24 bits per heavy atom. The Hall–Kier alpha value is -0.607. The molecule has 1 amide bonds. The third-order valence-corrected chi connectivity index (χ3v) is 18.5. The summed E-state index contributed by atoms with van der Waals surface area (Å²) in [5.74, 6) is 0.404. The van der Waals surface area contributed by atoms with Crippen molar-refractivity contribution in [2.45, 2.75) is 198 Å². The van der Waals surface area contributed by atoms with Crippen molar-refractivity contribution in [3.8, 4) is 0 Å². The molecule has 0 aromatic heterocycles. The van der Waals surface area contributed by atoms with E-state index in [-0.39, 0.29) is 79.9 Å². The molecule has 5 aliphatic carbocycles. The molecule has 3 saturated heterocycles. The van der Waals surface area contributed by atoms with Crippen LogP contribution in [0.25, 0.3) is 0 Å². The van der Waals surface area contributed by atoms with Crippen LogP contribution in [0.1, 0.15) is 106 Å². The molecule has 68 heavy (non-hydrogen) atoms. The zero-order valence-corrected chi connectivity index (χ0v) is 44.6. The number of amides is 1. The van der Waals surface area contributed by atoms with Gasteiger partial charge in [-0.3, -0.25) is 15.5 Å². The van der Waals surface area contributed by atoms with Crippen molar-refractivity contribution < 1.29 is 118 Å². The number of allylic oxidation sites excluding steroid dienone is 2. The number of hydrogen-bond acceptors (Lipinski definition) is 17. The van der Waals surface area contributed by atoms with Crippen molar-refractivity contribution in [3.63, 3.8) is 0 Å². The summed E-state index contributed by atoms with van der Waals surface area (Å²) in [4.78, 5) is 27.9. The summed E-state index contributed by atoms with van der Waals surface area (Å²) in [6.45, 7) is 13.8. The topological polar surface area (TPSA) is 289 Å². The molecule has 4 saturated carbocycles. The van der Waals surface area contributed by atoms with Gasteiger partial charge in [0.1, 0.15) is 48.8 Å². The average Bonchev–Trinajstić information content (AvgIpc) is 3.27. The van der Waals surface area contributed by atoms with Crippen molar-refractivity contribution in [1.29, 1.82) is 0 Å². The number of ether oxygens (including phenoxy) is 6. The SMILES string of the molecule is C[C-]1[C@@H](O)CCC2(C)C3CC=C4C5CC(C)(C)CC[C@]5(C(=O)O[C@@H]5OC(CO)[C@H](NC(=O)CN)C(O)C5O[C@@H]5OC(C)[C@H](O[C@@H]6OC[C@@H](O)C(O)C6O)C(O)C5O)[CH-]C[C@@]4(C)[C@@]3(C)CC[C@@H]12.[V].[W]. The summed E-state index contributed by atoms with van der Waals surface area (Å²) in [6, 6.07) is -1.33. The summed E-state index contributed by atoms with van der Waals surface area (Å²) in [7, 11) is 0. The predicted molar refractivity (Wildman–Crippen MR) is 233 cm³/mol. The molecule has 0 spiro atoms. The first-order valence-electron chi connectivity index (χ1n) is 24.2. The van der Waals surface area contributed by atoms with Gasteiger partial charge in [0.15, 0.2) is 18.7 Å². The van der Waals surface area contributed by atoms with Crippen molar-refractivity contribution in [2.24, 2.45) is 50.6 Å². The van der Waals surface area contributed by atoms with Gasteiger partial charge in [0.2, 0.25) is 12.2 Å². The smallest absolute Gasteiger partial charge is 0.284 e. The number of nitrogens with two attached hydrogens (primary N) is 1. The molecular formula is C48H76N2O16VW-2. The summed E-state index contributed by atoms with van der Waals surface area (Å²) >= 11 is 0. The number of rotatable bonds is 9. The zero-order valence-electron chi connectivity index (χ0n) is 40.3. The fraction of sp³-hybridized carbons (Fsp3) is 0.875. The normalized spacial score (nSPS) is 50.0. The van der Waals surface area contributed by atoms with Gasteiger partial charge in [-0.25, -0.2) is 0 Å². The van der Waals surface area contributed by atoms with Gasteiger partial charge in [-0.2, -0.15) is 19.3 Å². The second-order valence-corrected chi connectivity index (χ2v) is 22.5. The maximum atomic E-state index is 15.3. The molecule has 11 unspecified atom stereocenters. The molecule has 3 aliphatic heterocycles. The number of aliphatic hydroxyl groups is 8. The largest absolute Gasteiger partial charge is 0.434 e. The molecule has 387 valence electrons. The Balaban J connectivity index is 0.00000381. The molecule has 1 radical (unpaired) electrons. The number of esters is 1. The molecule has 0 bridgehead atoms. The molecule has 0 aromatic carbocycles. The van der Waals surface area contributed by atoms with E-state index < -0.39 is 116 Å². The van der Waals surface area contributed by atoms with Gasteiger partial charge in [-0.05, 0) is 72.5 Å². The van der Waals surface area contributed by atoms with Crippen LogP contribution >= 0.6 is 0 Å².